The number of benzene rings is 1. The second-order valence-corrected chi connectivity index (χ2v) is 6.70. The van der Waals surface area contributed by atoms with E-state index in [4.69, 9.17) is 4.74 Å². The Bertz CT molecular complexity index is 800. The van der Waals surface area contributed by atoms with Gasteiger partial charge in [-0.05, 0) is 38.2 Å². The fourth-order valence-electron chi connectivity index (χ4n) is 3.27. The van der Waals surface area contributed by atoms with Crippen LogP contribution in [-0.2, 0) is 6.54 Å². The third-order valence-electron chi connectivity index (χ3n) is 4.75. The zero-order valence-electron chi connectivity index (χ0n) is 15.6. The number of rotatable bonds is 8. The van der Waals surface area contributed by atoms with Gasteiger partial charge in [0.15, 0.2) is 5.69 Å². The first kappa shape index (κ1) is 19.1. The lowest BCUT2D eigenvalue weighted by Gasteiger charge is -2.14. The van der Waals surface area contributed by atoms with E-state index in [9.17, 15) is 9.90 Å². The molecule has 0 saturated heterocycles. The van der Waals surface area contributed by atoms with E-state index in [2.05, 4.69) is 21.7 Å². The van der Waals surface area contributed by atoms with Gasteiger partial charge in [-0.2, -0.15) is 0 Å². The zero-order valence-corrected chi connectivity index (χ0v) is 15.6. The maximum atomic E-state index is 12.2. The maximum absolute atomic E-state index is 12.2. The third kappa shape index (κ3) is 5.17. The summed E-state index contributed by atoms with van der Waals surface area (Å²) >= 11 is 0. The predicted octanol–water partition coefficient (Wildman–Crippen LogP) is 2.64. The van der Waals surface area contributed by atoms with E-state index < -0.39 is 6.10 Å². The van der Waals surface area contributed by atoms with Crippen LogP contribution in [0.2, 0.25) is 0 Å². The second kappa shape index (κ2) is 9.32. The van der Waals surface area contributed by atoms with Crippen LogP contribution < -0.4 is 10.1 Å². The molecule has 0 fully saturated rings. The molecule has 2 aromatic rings. The van der Waals surface area contributed by atoms with Crippen molar-refractivity contribution in [3.05, 3.63) is 53.4 Å². The van der Waals surface area contributed by atoms with Gasteiger partial charge < -0.3 is 15.2 Å². The molecule has 0 aliphatic heterocycles. The Balaban J connectivity index is 1.52. The van der Waals surface area contributed by atoms with Crippen LogP contribution in [0.5, 0.6) is 5.75 Å². The van der Waals surface area contributed by atoms with Gasteiger partial charge in [0.05, 0.1) is 19.9 Å². The number of amides is 1. The molecular formula is C20H26N4O3. The van der Waals surface area contributed by atoms with E-state index in [-0.39, 0.29) is 18.1 Å². The number of para-hydroxylation sites is 1. The number of nitrogens with one attached hydrogen (secondary N) is 1. The van der Waals surface area contributed by atoms with Crippen molar-refractivity contribution in [2.24, 2.45) is 0 Å². The van der Waals surface area contributed by atoms with Crippen LogP contribution in [0.4, 0.5) is 0 Å². The Morgan fingerprint density at radius 1 is 1.37 bits per heavy atom. The molecule has 3 rings (SSSR count). The molecule has 0 radical (unpaired) electrons. The van der Waals surface area contributed by atoms with Crippen molar-refractivity contribution in [1.82, 2.24) is 20.3 Å². The Labute approximate surface area is 159 Å². The standard InChI is InChI=1S/C20H26N4O3/c1-27-19-10-6-5-9-16(19)18(25)14-24-13-17(22-23-24)20(26)21-12-11-15-7-3-2-4-8-15/h5-7,9-10,13,18,25H,2-4,8,11-12,14H2,1H3,(H,21,26)/t18-/m1/s1. The second-order valence-electron chi connectivity index (χ2n) is 6.70. The van der Waals surface area contributed by atoms with Crippen LogP contribution in [0.3, 0.4) is 0 Å². The van der Waals surface area contributed by atoms with Gasteiger partial charge in [0.25, 0.3) is 5.91 Å². The van der Waals surface area contributed by atoms with E-state index in [0.717, 1.165) is 19.3 Å². The van der Waals surface area contributed by atoms with Crippen molar-refractivity contribution in [3.8, 4) is 5.75 Å². The monoisotopic (exact) mass is 370 g/mol. The van der Waals surface area contributed by atoms with Gasteiger partial charge in [0, 0.05) is 12.1 Å². The number of aliphatic hydroxyl groups is 1. The average Bonchev–Trinajstić information content (AvgIpc) is 3.17. The molecule has 0 spiro atoms. The van der Waals surface area contributed by atoms with Crippen molar-refractivity contribution in [1.29, 1.82) is 0 Å². The molecule has 0 bridgehead atoms. The summed E-state index contributed by atoms with van der Waals surface area (Å²) in [6.07, 6.45) is 8.68. The van der Waals surface area contributed by atoms with Gasteiger partial charge in [-0.1, -0.05) is 35.1 Å². The van der Waals surface area contributed by atoms with Gasteiger partial charge >= 0.3 is 0 Å². The van der Waals surface area contributed by atoms with Crippen molar-refractivity contribution in [2.45, 2.75) is 44.8 Å². The van der Waals surface area contributed by atoms with Gasteiger partial charge in [-0.3, -0.25) is 4.79 Å². The first-order valence-corrected chi connectivity index (χ1v) is 9.34. The van der Waals surface area contributed by atoms with E-state index >= 15 is 0 Å². The highest BCUT2D eigenvalue weighted by Gasteiger charge is 2.16. The minimum absolute atomic E-state index is 0.188. The summed E-state index contributed by atoms with van der Waals surface area (Å²) in [5.74, 6) is 0.365. The molecule has 0 saturated carbocycles. The molecule has 7 nitrogen and oxygen atoms in total. The Hall–Kier alpha value is -2.67. The quantitative estimate of drug-likeness (QED) is 0.697. The minimum Gasteiger partial charge on any atom is -0.496 e. The number of hydrogen-bond donors (Lipinski definition) is 2. The molecule has 7 heteroatoms. The highest BCUT2D eigenvalue weighted by atomic mass is 16.5. The smallest absolute Gasteiger partial charge is 0.273 e. The predicted molar refractivity (Wildman–Crippen MR) is 101 cm³/mol. The molecular weight excluding hydrogens is 344 g/mol. The molecule has 1 aromatic carbocycles. The lowest BCUT2D eigenvalue weighted by Crippen LogP contribution is -2.25. The summed E-state index contributed by atoms with van der Waals surface area (Å²) in [6, 6.07) is 7.27. The van der Waals surface area contributed by atoms with Crippen molar-refractivity contribution >= 4 is 5.91 Å². The molecule has 1 aliphatic rings. The highest BCUT2D eigenvalue weighted by molar-refractivity contribution is 5.91. The molecule has 2 N–H and O–H groups in total. The van der Waals surface area contributed by atoms with Gasteiger partial charge in [0.2, 0.25) is 0 Å². The van der Waals surface area contributed by atoms with E-state index in [0.29, 0.717) is 17.9 Å². The number of hydrogen-bond acceptors (Lipinski definition) is 5. The van der Waals surface area contributed by atoms with Crippen molar-refractivity contribution in [3.63, 3.8) is 0 Å². The molecule has 1 aliphatic carbocycles. The zero-order chi connectivity index (χ0) is 19.1. The average molecular weight is 370 g/mol. The molecule has 1 heterocycles. The SMILES string of the molecule is COc1ccccc1[C@H](O)Cn1cc(C(=O)NCCC2=CCCCC2)nn1. The number of ether oxygens (including phenoxy) is 1. The number of carbonyl (C=O) groups excluding carboxylic acids is 1. The van der Waals surface area contributed by atoms with E-state index in [1.807, 2.05) is 12.1 Å². The largest absolute Gasteiger partial charge is 0.496 e. The molecule has 144 valence electrons. The topological polar surface area (TPSA) is 89.3 Å². The van der Waals surface area contributed by atoms with Crippen LogP contribution in [0, 0.1) is 0 Å². The highest BCUT2D eigenvalue weighted by Crippen LogP contribution is 2.25. The molecule has 1 aromatic heterocycles. The summed E-state index contributed by atoms with van der Waals surface area (Å²) in [5.41, 5.74) is 2.34. The first-order valence-electron chi connectivity index (χ1n) is 9.34. The van der Waals surface area contributed by atoms with Crippen LogP contribution in [-0.4, -0.2) is 39.7 Å². The Morgan fingerprint density at radius 3 is 3.00 bits per heavy atom. The summed E-state index contributed by atoms with van der Waals surface area (Å²) in [6.45, 7) is 0.787. The Kier molecular flexibility index (Phi) is 6.59. The summed E-state index contributed by atoms with van der Waals surface area (Å²) in [5, 5.41) is 21.2. The number of aromatic nitrogens is 3. The minimum atomic E-state index is -0.808. The summed E-state index contributed by atoms with van der Waals surface area (Å²) in [4.78, 5) is 12.2. The van der Waals surface area contributed by atoms with Gasteiger partial charge in [-0.15, -0.1) is 5.10 Å². The fraction of sp³-hybridized carbons (Fsp3) is 0.450. The molecule has 1 amide bonds. The maximum Gasteiger partial charge on any atom is 0.273 e. The number of allylic oxidation sites excluding steroid dienone is 1. The molecule has 1 atom stereocenters. The van der Waals surface area contributed by atoms with E-state index in [1.165, 1.54) is 23.1 Å². The van der Waals surface area contributed by atoms with Crippen molar-refractivity contribution in [2.75, 3.05) is 13.7 Å². The number of nitrogens with zero attached hydrogens (tertiary/aromatic N) is 3. The normalized spacial score (nSPS) is 15.1. The lowest BCUT2D eigenvalue weighted by atomic mass is 9.97. The van der Waals surface area contributed by atoms with Gasteiger partial charge in [-0.25, -0.2) is 4.68 Å². The van der Waals surface area contributed by atoms with E-state index in [1.54, 1.807) is 25.4 Å². The number of aliphatic hydroxyl groups excluding tert-OH is 1. The first-order chi connectivity index (χ1) is 13.2. The summed E-state index contributed by atoms with van der Waals surface area (Å²) in [7, 11) is 1.56. The molecule has 0 unspecified atom stereocenters. The fourth-order valence-corrected chi connectivity index (χ4v) is 3.27. The van der Waals surface area contributed by atoms with Crippen LogP contribution in [0.15, 0.2) is 42.1 Å². The Morgan fingerprint density at radius 2 is 2.22 bits per heavy atom. The third-order valence-corrected chi connectivity index (χ3v) is 4.75. The van der Waals surface area contributed by atoms with Crippen LogP contribution in [0.25, 0.3) is 0 Å². The van der Waals surface area contributed by atoms with Crippen LogP contribution >= 0.6 is 0 Å². The van der Waals surface area contributed by atoms with Crippen LogP contribution in [0.1, 0.15) is 54.3 Å². The number of carbonyl (C=O) groups is 1. The van der Waals surface area contributed by atoms with Gasteiger partial charge in [0.1, 0.15) is 11.9 Å². The lowest BCUT2D eigenvalue weighted by molar-refractivity contribution is 0.0948. The van der Waals surface area contributed by atoms with Crippen molar-refractivity contribution < 1.29 is 14.6 Å². The summed E-state index contributed by atoms with van der Waals surface area (Å²) < 4.78 is 6.74. The number of methoxy groups -OCH3 is 1. The molecule has 27 heavy (non-hydrogen) atoms.